The highest BCUT2D eigenvalue weighted by Crippen LogP contribution is 2.41. The predicted octanol–water partition coefficient (Wildman–Crippen LogP) is 4.64. The second-order valence-corrected chi connectivity index (χ2v) is 9.82. The normalized spacial score (nSPS) is 17.5. The molecular weight excluding hydrogens is 438 g/mol. The molecule has 1 aliphatic heterocycles. The highest BCUT2D eigenvalue weighted by atomic mass is 32.1. The van der Waals surface area contributed by atoms with E-state index in [-0.39, 0.29) is 12.0 Å². The zero-order valence-corrected chi connectivity index (χ0v) is 20.0. The molecular formula is C25H33N3O4S. The molecule has 0 saturated carbocycles. The number of hydrogen-bond donors (Lipinski definition) is 2. The van der Waals surface area contributed by atoms with Crippen molar-refractivity contribution in [2.45, 2.75) is 51.9 Å². The Morgan fingerprint density at radius 3 is 2.82 bits per heavy atom. The van der Waals surface area contributed by atoms with Crippen LogP contribution in [0, 0.1) is 5.92 Å². The molecule has 1 fully saturated rings. The van der Waals surface area contributed by atoms with Crippen LogP contribution in [0.5, 0.6) is 5.75 Å². The van der Waals surface area contributed by atoms with Gasteiger partial charge in [-0.1, -0.05) is 18.2 Å². The smallest absolute Gasteiger partial charge is 0.409 e. The zero-order chi connectivity index (χ0) is 23.2. The van der Waals surface area contributed by atoms with Crippen LogP contribution in [0.15, 0.2) is 24.3 Å². The molecule has 7 nitrogen and oxygen atoms in total. The lowest BCUT2D eigenvalue weighted by Crippen LogP contribution is -2.30. The number of carbonyl (C=O) groups excluding carboxylic acids is 2. The number of aryl methyl sites for hydroxylation is 1. The molecule has 0 radical (unpaired) electrons. The number of anilines is 2. The van der Waals surface area contributed by atoms with E-state index in [9.17, 15) is 9.59 Å². The molecule has 1 atom stereocenters. The summed E-state index contributed by atoms with van der Waals surface area (Å²) in [5.74, 6) is 1.07. The Balaban J connectivity index is 1.30. The molecule has 1 aromatic carbocycles. The van der Waals surface area contributed by atoms with Gasteiger partial charge in [-0.25, -0.2) is 4.79 Å². The molecule has 8 heteroatoms. The average Bonchev–Trinajstić information content (AvgIpc) is 3.46. The molecule has 2 aromatic rings. The van der Waals surface area contributed by atoms with Gasteiger partial charge in [0.05, 0.1) is 18.9 Å². The van der Waals surface area contributed by atoms with Gasteiger partial charge in [0.15, 0.2) is 0 Å². The Kier molecular flexibility index (Phi) is 7.75. The summed E-state index contributed by atoms with van der Waals surface area (Å²) in [7, 11) is 0. The number of rotatable bonds is 8. The molecule has 178 valence electrons. The average molecular weight is 472 g/mol. The maximum atomic E-state index is 12.6. The van der Waals surface area contributed by atoms with Crippen LogP contribution in [0.2, 0.25) is 0 Å². The fraction of sp³-hybridized carbons (Fsp3) is 0.520. The Labute approximate surface area is 199 Å². The second-order valence-electron chi connectivity index (χ2n) is 8.72. The Morgan fingerprint density at radius 1 is 1.24 bits per heavy atom. The number of likely N-dealkylation sites (tertiary alicyclic amines) is 1. The minimum absolute atomic E-state index is 0.0531. The van der Waals surface area contributed by atoms with Crippen LogP contribution in [0.1, 0.15) is 48.6 Å². The van der Waals surface area contributed by atoms with Crippen LogP contribution in [-0.2, 0) is 28.8 Å². The van der Waals surface area contributed by atoms with Gasteiger partial charge >= 0.3 is 6.09 Å². The van der Waals surface area contributed by atoms with Crippen molar-refractivity contribution in [2.24, 2.45) is 5.92 Å². The summed E-state index contributed by atoms with van der Waals surface area (Å²) in [6.07, 6.45) is 5.51. The third-order valence-electron chi connectivity index (χ3n) is 6.36. The van der Waals surface area contributed by atoms with Crippen molar-refractivity contribution in [3.63, 3.8) is 0 Å². The molecule has 1 aliphatic carbocycles. The maximum absolute atomic E-state index is 12.6. The number of nitrogens with one attached hydrogen (secondary N) is 1. The minimum Gasteiger partial charge on any atom is -0.494 e. The number of para-hydroxylation sites is 1. The third kappa shape index (κ3) is 5.79. The zero-order valence-electron chi connectivity index (χ0n) is 19.2. The number of thiophene rings is 1. The van der Waals surface area contributed by atoms with Gasteiger partial charge in [-0.15, -0.1) is 11.3 Å². The summed E-state index contributed by atoms with van der Waals surface area (Å²) in [5.41, 5.74) is 9.23. The third-order valence-corrected chi connectivity index (χ3v) is 7.55. The summed E-state index contributed by atoms with van der Waals surface area (Å²) in [4.78, 5) is 27.8. The topological polar surface area (TPSA) is 93.9 Å². The summed E-state index contributed by atoms with van der Waals surface area (Å²) in [6, 6.07) is 7.82. The SMILES string of the molecule is CCOc1ccccc1CCC(=O)Nc1sc2c(c1N)CCC(COC(=O)N1CCCC1)C2. The molecule has 2 aliphatic rings. The number of amides is 2. The van der Waals surface area contributed by atoms with Crippen molar-refractivity contribution in [3.05, 3.63) is 40.3 Å². The van der Waals surface area contributed by atoms with Crippen LogP contribution in [0.4, 0.5) is 15.5 Å². The van der Waals surface area contributed by atoms with Crippen LogP contribution in [-0.4, -0.2) is 43.2 Å². The van der Waals surface area contributed by atoms with Crippen LogP contribution < -0.4 is 15.8 Å². The van der Waals surface area contributed by atoms with E-state index in [0.717, 1.165) is 67.1 Å². The summed E-state index contributed by atoms with van der Waals surface area (Å²) in [5, 5.41) is 3.75. The number of nitrogens with two attached hydrogens (primary N) is 1. The van der Waals surface area contributed by atoms with E-state index in [2.05, 4.69) is 5.32 Å². The van der Waals surface area contributed by atoms with Crippen LogP contribution in [0.25, 0.3) is 0 Å². The van der Waals surface area contributed by atoms with Crippen molar-refractivity contribution in [1.82, 2.24) is 4.90 Å². The van der Waals surface area contributed by atoms with Gasteiger partial charge in [0.25, 0.3) is 0 Å². The van der Waals surface area contributed by atoms with Gasteiger partial charge in [0.2, 0.25) is 5.91 Å². The number of nitrogens with zero attached hydrogens (tertiary/aromatic N) is 1. The monoisotopic (exact) mass is 471 g/mol. The molecule has 0 spiro atoms. The van der Waals surface area contributed by atoms with E-state index >= 15 is 0 Å². The van der Waals surface area contributed by atoms with Crippen molar-refractivity contribution < 1.29 is 19.1 Å². The van der Waals surface area contributed by atoms with Gasteiger partial charge in [-0.3, -0.25) is 4.79 Å². The molecule has 0 bridgehead atoms. The summed E-state index contributed by atoms with van der Waals surface area (Å²) in [6.45, 7) is 4.59. The Hall–Kier alpha value is -2.74. The highest BCUT2D eigenvalue weighted by Gasteiger charge is 2.27. The first-order valence-electron chi connectivity index (χ1n) is 11.9. The lowest BCUT2D eigenvalue weighted by atomic mass is 9.89. The lowest BCUT2D eigenvalue weighted by Gasteiger charge is -2.23. The Bertz CT molecular complexity index is 984. The summed E-state index contributed by atoms with van der Waals surface area (Å²) >= 11 is 1.55. The number of ether oxygens (including phenoxy) is 2. The summed E-state index contributed by atoms with van der Waals surface area (Å²) < 4.78 is 11.2. The van der Waals surface area contributed by atoms with E-state index in [1.165, 1.54) is 4.88 Å². The molecule has 2 heterocycles. The molecule has 2 amide bonds. The number of nitrogen functional groups attached to an aromatic ring is 1. The van der Waals surface area contributed by atoms with Crippen molar-refractivity contribution in [2.75, 3.05) is 37.4 Å². The van der Waals surface area contributed by atoms with Gasteiger partial charge in [-0.05, 0) is 68.6 Å². The van der Waals surface area contributed by atoms with E-state index in [4.69, 9.17) is 15.2 Å². The van der Waals surface area contributed by atoms with Crippen LogP contribution in [0.3, 0.4) is 0 Å². The van der Waals surface area contributed by atoms with E-state index in [0.29, 0.717) is 37.7 Å². The van der Waals surface area contributed by atoms with Gasteiger partial charge < -0.3 is 25.4 Å². The molecule has 4 rings (SSSR count). The maximum Gasteiger partial charge on any atom is 0.409 e. The van der Waals surface area contributed by atoms with Gasteiger partial charge in [-0.2, -0.15) is 0 Å². The van der Waals surface area contributed by atoms with Gasteiger partial charge in [0.1, 0.15) is 10.8 Å². The first-order valence-corrected chi connectivity index (χ1v) is 12.7. The lowest BCUT2D eigenvalue weighted by molar-refractivity contribution is -0.116. The number of benzene rings is 1. The fourth-order valence-corrected chi connectivity index (χ4v) is 5.84. The molecule has 1 unspecified atom stereocenters. The van der Waals surface area contributed by atoms with E-state index in [1.54, 1.807) is 16.2 Å². The van der Waals surface area contributed by atoms with E-state index < -0.39 is 0 Å². The largest absolute Gasteiger partial charge is 0.494 e. The fourth-order valence-electron chi connectivity index (χ4n) is 4.54. The number of fused-ring (bicyclic) bond motifs is 1. The number of hydrogen-bond acceptors (Lipinski definition) is 6. The van der Waals surface area contributed by atoms with Crippen molar-refractivity contribution in [1.29, 1.82) is 0 Å². The van der Waals surface area contributed by atoms with Crippen LogP contribution >= 0.6 is 11.3 Å². The first-order chi connectivity index (χ1) is 16.0. The van der Waals surface area contributed by atoms with Gasteiger partial charge in [0, 0.05) is 24.4 Å². The Morgan fingerprint density at radius 2 is 2.03 bits per heavy atom. The first kappa shape index (κ1) is 23.4. The molecule has 33 heavy (non-hydrogen) atoms. The number of carbonyl (C=O) groups is 2. The molecule has 1 saturated heterocycles. The molecule has 1 aromatic heterocycles. The van der Waals surface area contributed by atoms with Crippen molar-refractivity contribution in [3.8, 4) is 5.75 Å². The quantitative estimate of drug-likeness (QED) is 0.585. The molecule has 3 N–H and O–H groups in total. The van der Waals surface area contributed by atoms with E-state index in [1.807, 2.05) is 31.2 Å². The second kappa shape index (κ2) is 10.9. The predicted molar refractivity (Wildman–Crippen MR) is 131 cm³/mol. The highest BCUT2D eigenvalue weighted by molar-refractivity contribution is 7.17. The van der Waals surface area contributed by atoms with Crippen molar-refractivity contribution >= 4 is 34.0 Å². The standard InChI is InChI=1S/C25H33N3O4S/c1-2-31-20-8-4-3-7-18(20)10-12-22(29)27-24-23(26)19-11-9-17(15-21(19)33-24)16-32-25(30)28-13-5-6-14-28/h3-4,7-8,17H,2,5-6,9-16,26H2,1H3,(H,27,29). The minimum atomic E-state index is -0.192.